The molecule has 2 aromatic carbocycles. The molecule has 3 rings (SSSR count). The van der Waals surface area contributed by atoms with Gasteiger partial charge in [0.25, 0.3) is 0 Å². The molecule has 1 aliphatic heterocycles. The number of aryl methyl sites for hydroxylation is 1. The van der Waals surface area contributed by atoms with Crippen molar-refractivity contribution in [1.29, 1.82) is 0 Å². The molecule has 0 saturated heterocycles. The third-order valence-corrected chi connectivity index (χ3v) is 4.23. The summed E-state index contributed by atoms with van der Waals surface area (Å²) in [5, 5.41) is 5.61. The van der Waals surface area contributed by atoms with Gasteiger partial charge in [-0.2, -0.15) is 0 Å². The SMILES string of the molecule is COC(=O)c1ccc(C)c(NC(=O)C2CC(=O)Nc3ccccc32)c1. The molecule has 1 unspecified atom stereocenters. The molecule has 0 aliphatic carbocycles. The van der Waals surface area contributed by atoms with E-state index < -0.39 is 11.9 Å². The first-order valence-corrected chi connectivity index (χ1v) is 7.88. The number of fused-ring (bicyclic) bond motifs is 1. The number of rotatable bonds is 3. The van der Waals surface area contributed by atoms with Crippen LogP contribution >= 0.6 is 0 Å². The normalized spacial score (nSPS) is 15.8. The number of anilines is 2. The van der Waals surface area contributed by atoms with Crippen molar-refractivity contribution in [1.82, 2.24) is 0 Å². The Bertz CT molecular complexity index is 860. The van der Waals surface area contributed by atoms with E-state index in [0.717, 1.165) is 11.1 Å². The van der Waals surface area contributed by atoms with Gasteiger partial charge in [0, 0.05) is 17.8 Å². The van der Waals surface area contributed by atoms with Crippen LogP contribution in [0, 0.1) is 6.92 Å². The van der Waals surface area contributed by atoms with E-state index in [4.69, 9.17) is 4.74 Å². The van der Waals surface area contributed by atoms with Crippen LogP contribution in [0.2, 0.25) is 0 Å². The first-order chi connectivity index (χ1) is 12.0. The highest BCUT2D eigenvalue weighted by molar-refractivity contribution is 6.05. The van der Waals surface area contributed by atoms with Gasteiger partial charge in [-0.3, -0.25) is 9.59 Å². The number of methoxy groups -OCH3 is 1. The van der Waals surface area contributed by atoms with Gasteiger partial charge in [-0.05, 0) is 36.2 Å². The minimum Gasteiger partial charge on any atom is -0.465 e. The largest absolute Gasteiger partial charge is 0.465 e. The maximum absolute atomic E-state index is 12.8. The molecule has 0 radical (unpaired) electrons. The van der Waals surface area contributed by atoms with Crippen molar-refractivity contribution in [2.45, 2.75) is 19.3 Å². The first-order valence-electron chi connectivity index (χ1n) is 7.88. The lowest BCUT2D eigenvalue weighted by Gasteiger charge is -2.25. The molecule has 2 amide bonds. The average Bonchev–Trinajstić information content (AvgIpc) is 2.62. The van der Waals surface area contributed by atoms with Crippen LogP contribution in [0.3, 0.4) is 0 Å². The summed E-state index contributed by atoms with van der Waals surface area (Å²) in [6.07, 6.45) is 0.0819. The van der Waals surface area contributed by atoms with E-state index in [1.807, 2.05) is 25.1 Å². The second-order valence-electron chi connectivity index (χ2n) is 5.90. The highest BCUT2D eigenvalue weighted by Gasteiger charge is 2.30. The number of nitrogens with one attached hydrogen (secondary N) is 2. The zero-order chi connectivity index (χ0) is 18.0. The fraction of sp³-hybridized carbons (Fsp3) is 0.211. The second kappa shape index (κ2) is 6.76. The van der Waals surface area contributed by atoms with Crippen LogP contribution in [-0.2, 0) is 14.3 Å². The number of ether oxygens (including phenoxy) is 1. The first kappa shape index (κ1) is 16.7. The molecule has 1 heterocycles. The molecule has 128 valence electrons. The number of benzene rings is 2. The number of carbonyl (C=O) groups is 3. The van der Waals surface area contributed by atoms with Gasteiger partial charge in [0.1, 0.15) is 0 Å². The number of carbonyl (C=O) groups excluding carboxylic acids is 3. The Morgan fingerprint density at radius 1 is 1.20 bits per heavy atom. The van der Waals surface area contributed by atoms with Gasteiger partial charge in [-0.25, -0.2) is 4.79 Å². The van der Waals surface area contributed by atoms with Gasteiger partial charge in [0.15, 0.2) is 0 Å². The monoisotopic (exact) mass is 338 g/mol. The Kier molecular flexibility index (Phi) is 4.52. The topological polar surface area (TPSA) is 84.5 Å². The molecule has 0 bridgehead atoms. The van der Waals surface area contributed by atoms with Crippen LogP contribution in [-0.4, -0.2) is 24.9 Å². The summed E-state index contributed by atoms with van der Waals surface area (Å²) in [7, 11) is 1.30. The molecule has 6 heteroatoms. The summed E-state index contributed by atoms with van der Waals surface area (Å²) in [5.74, 6) is -1.53. The van der Waals surface area contributed by atoms with Crippen LogP contribution < -0.4 is 10.6 Å². The van der Waals surface area contributed by atoms with E-state index in [1.165, 1.54) is 7.11 Å². The minimum atomic E-state index is -0.578. The zero-order valence-corrected chi connectivity index (χ0v) is 14.0. The van der Waals surface area contributed by atoms with Crippen molar-refractivity contribution in [3.8, 4) is 0 Å². The van der Waals surface area contributed by atoms with E-state index in [1.54, 1.807) is 24.3 Å². The number of para-hydroxylation sites is 1. The molecule has 2 aromatic rings. The smallest absolute Gasteiger partial charge is 0.337 e. The Labute approximate surface area is 145 Å². The lowest BCUT2D eigenvalue weighted by molar-refractivity contribution is -0.123. The molecular formula is C19H18N2O4. The van der Waals surface area contributed by atoms with E-state index in [0.29, 0.717) is 16.9 Å². The summed E-state index contributed by atoms with van der Waals surface area (Å²) in [6, 6.07) is 12.2. The van der Waals surface area contributed by atoms with Gasteiger partial charge < -0.3 is 15.4 Å². The van der Waals surface area contributed by atoms with E-state index in [-0.39, 0.29) is 18.2 Å². The van der Waals surface area contributed by atoms with Gasteiger partial charge in [0.05, 0.1) is 18.6 Å². The second-order valence-corrected chi connectivity index (χ2v) is 5.90. The van der Waals surface area contributed by atoms with Crippen molar-refractivity contribution in [2.75, 3.05) is 17.7 Å². The summed E-state index contributed by atoms with van der Waals surface area (Å²) in [5.41, 5.74) is 3.12. The fourth-order valence-corrected chi connectivity index (χ4v) is 2.87. The Morgan fingerprint density at radius 3 is 2.72 bits per heavy atom. The number of hydrogen-bond donors (Lipinski definition) is 2. The molecule has 0 aromatic heterocycles. The van der Waals surface area contributed by atoms with Crippen LogP contribution in [0.4, 0.5) is 11.4 Å². The van der Waals surface area contributed by atoms with Crippen molar-refractivity contribution < 1.29 is 19.1 Å². The molecule has 0 spiro atoms. The maximum Gasteiger partial charge on any atom is 0.337 e. The summed E-state index contributed by atoms with van der Waals surface area (Å²) in [4.78, 5) is 36.3. The van der Waals surface area contributed by atoms with Gasteiger partial charge in [-0.1, -0.05) is 24.3 Å². The molecule has 0 fully saturated rings. The van der Waals surface area contributed by atoms with E-state index in [2.05, 4.69) is 10.6 Å². The molecule has 0 saturated carbocycles. The van der Waals surface area contributed by atoms with Crippen LogP contribution in [0.1, 0.15) is 33.8 Å². The van der Waals surface area contributed by atoms with Crippen LogP contribution in [0.15, 0.2) is 42.5 Å². The Balaban J connectivity index is 1.88. The van der Waals surface area contributed by atoms with Crippen molar-refractivity contribution in [3.63, 3.8) is 0 Å². The standard InChI is InChI=1S/C19H18N2O4/c1-11-7-8-12(19(24)25-2)9-16(11)21-18(23)14-10-17(22)20-15-6-4-3-5-13(14)15/h3-9,14H,10H2,1-2H3,(H,20,22)(H,21,23). The predicted octanol–water partition coefficient (Wildman–Crippen LogP) is 2.85. The third-order valence-electron chi connectivity index (χ3n) is 4.23. The lowest BCUT2D eigenvalue weighted by atomic mass is 9.89. The molecule has 25 heavy (non-hydrogen) atoms. The van der Waals surface area contributed by atoms with E-state index in [9.17, 15) is 14.4 Å². The van der Waals surface area contributed by atoms with Gasteiger partial charge in [-0.15, -0.1) is 0 Å². The lowest BCUT2D eigenvalue weighted by Crippen LogP contribution is -2.31. The molecule has 1 aliphatic rings. The highest BCUT2D eigenvalue weighted by Crippen LogP contribution is 2.33. The quantitative estimate of drug-likeness (QED) is 0.843. The summed E-state index contributed by atoms with van der Waals surface area (Å²) < 4.78 is 4.71. The van der Waals surface area contributed by atoms with Crippen LogP contribution in [0.5, 0.6) is 0 Å². The summed E-state index contributed by atoms with van der Waals surface area (Å²) >= 11 is 0. The predicted molar refractivity (Wildman–Crippen MR) is 93.6 cm³/mol. The fourth-order valence-electron chi connectivity index (χ4n) is 2.87. The molecular weight excluding hydrogens is 320 g/mol. The number of hydrogen-bond acceptors (Lipinski definition) is 4. The van der Waals surface area contributed by atoms with Crippen LogP contribution in [0.25, 0.3) is 0 Å². The van der Waals surface area contributed by atoms with Crippen molar-refractivity contribution in [2.24, 2.45) is 0 Å². The van der Waals surface area contributed by atoms with E-state index >= 15 is 0 Å². The minimum absolute atomic E-state index is 0.0819. The molecule has 2 N–H and O–H groups in total. The number of amides is 2. The molecule has 1 atom stereocenters. The Morgan fingerprint density at radius 2 is 1.96 bits per heavy atom. The zero-order valence-electron chi connectivity index (χ0n) is 14.0. The number of esters is 1. The maximum atomic E-state index is 12.8. The van der Waals surface area contributed by atoms with Gasteiger partial charge >= 0.3 is 5.97 Å². The van der Waals surface area contributed by atoms with Crippen molar-refractivity contribution >= 4 is 29.2 Å². The summed E-state index contributed by atoms with van der Waals surface area (Å²) in [6.45, 7) is 1.83. The third kappa shape index (κ3) is 3.38. The van der Waals surface area contributed by atoms with Crippen molar-refractivity contribution in [3.05, 3.63) is 59.2 Å². The average molecular weight is 338 g/mol. The van der Waals surface area contributed by atoms with Gasteiger partial charge in [0.2, 0.25) is 11.8 Å². The Hall–Kier alpha value is -3.15. The molecule has 6 nitrogen and oxygen atoms in total. The highest BCUT2D eigenvalue weighted by atomic mass is 16.5.